The largest absolute Gasteiger partial charge is 0.469 e. The maximum absolute atomic E-state index is 10.8. The van der Waals surface area contributed by atoms with Crippen molar-refractivity contribution in [1.29, 1.82) is 0 Å². The van der Waals surface area contributed by atoms with E-state index in [2.05, 4.69) is 25.7 Å². The van der Waals surface area contributed by atoms with Gasteiger partial charge in [-0.15, -0.1) is 11.3 Å². The monoisotopic (exact) mass is 277 g/mol. The molecule has 0 unspecified atom stereocenters. The maximum Gasteiger partial charge on any atom is 0.305 e. The number of nitrogens with zero attached hydrogens (tertiary/aromatic N) is 1. The van der Waals surface area contributed by atoms with E-state index in [1.807, 2.05) is 6.92 Å². The van der Waals surface area contributed by atoms with Crippen molar-refractivity contribution in [2.75, 3.05) is 7.11 Å². The van der Waals surface area contributed by atoms with Gasteiger partial charge in [-0.2, -0.15) is 0 Å². The number of hydrogen-bond acceptors (Lipinski definition) is 4. The van der Waals surface area contributed by atoms with Gasteiger partial charge in [0.1, 0.15) is 0 Å². The number of esters is 1. The van der Waals surface area contributed by atoms with Crippen molar-refractivity contribution in [1.82, 2.24) is 4.98 Å². The molecule has 5 heteroatoms. The molecule has 14 heavy (non-hydrogen) atoms. The Morgan fingerprint density at radius 2 is 2.36 bits per heavy atom. The van der Waals surface area contributed by atoms with Gasteiger partial charge in [-0.25, -0.2) is 4.98 Å². The fraction of sp³-hybridized carbons (Fsp3) is 0.556. The summed E-state index contributed by atoms with van der Waals surface area (Å²) in [4.78, 5) is 16.3. The standard InChI is InChI=1S/C9H12BrNO2S/c1-6-7(14-9(10)11-6)4-3-5-8(12)13-2/h3-5H2,1-2H3. The lowest BCUT2D eigenvalue weighted by Crippen LogP contribution is -2.00. The molecule has 0 atom stereocenters. The van der Waals surface area contributed by atoms with Gasteiger partial charge in [-0.1, -0.05) is 0 Å². The van der Waals surface area contributed by atoms with Crippen LogP contribution in [0.5, 0.6) is 0 Å². The highest BCUT2D eigenvalue weighted by Crippen LogP contribution is 2.24. The number of aryl methyl sites for hydroxylation is 2. The quantitative estimate of drug-likeness (QED) is 0.795. The van der Waals surface area contributed by atoms with Crippen molar-refractivity contribution < 1.29 is 9.53 Å². The molecule has 0 aromatic carbocycles. The van der Waals surface area contributed by atoms with Crippen LogP contribution < -0.4 is 0 Å². The molecule has 1 heterocycles. The van der Waals surface area contributed by atoms with Crippen LogP contribution in [0.1, 0.15) is 23.4 Å². The predicted molar refractivity (Wildman–Crippen MR) is 59.5 cm³/mol. The van der Waals surface area contributed by atoms with Crippen LogP contribution in [0.4, 0.5) is 0 Å². The third-order valence-electron chi connectivity index (χ3n) is 1.88. The number of aromatic nitrogens is 1. The topological polar surface area (TPSA) is 39.2 Å². The van der Waals surface area contributed by atoms with E-state index in [4.69, 9.17) is 0 Å². The summed E-state index contributed by atoms with van der Waals surface area (Å²) in [5, 5.41) is 0. The first-order valence-corrected chi connectivity index (χ1v) is 5.93. The Morgan fingerprint density at radius 3 is 2.86 bits per heavy atom. The van der Waals surface area contributed by atoms with Crippen molar-refractivity contribution in [3.63, 3.8) is 0 Å². The molecule has 0 radical (unpaired) electrons. The van der Waals surface area contributed by atoms with Crippen LogP contribution >= 0.6 is 27.3 Å². The van der Waals surface area contributed by atoms with Crippen molar-refractivity contribution in [2.45, 2.75) is 26.2 Å². The molecule has 0 saturated carbocycles. The van der Waals surface area contributed by atoms with E-state index >= 15 is 0 Å². The molecule has 1 aromatic rings. The first kappa shape index (κ1) is 11.7. The van der Waals surface area contributed by atoms with E-state index in [-0.39, 0.29) is 5.97 Å². The van der Waals surface area contributed by atoms with Crippen LogP contribution in [0.2, 0.25) is 0 Å². The molecule has 0 aliphatic carbocycles. The molecule has 0 aliphatic heterocycles. The summed E-state index contributed by atoms with van der Waals surface area (Å²) >= 11 is 4.96. The van der Waals surface area contributed by atoms with E-state index in [1.165, 1.54) is 12.0 Å². The third-order valence-corrected chi connectivity index (χ3v) is 3.55. The van der Waals surface area contributed by atoms with Crippen LogP contribution in [0, 0.1) is 6.92 Å². The van der Waals surface area contributed by atoms with Crippen molar-refractivity contribution >= 4 is 33.2 Å². The van der Waals surface area contributed by atoms with Crippen LogP contribution in [0.3, 0.4) is 0 Å². The molecule has 0 saturated heterocycles. The second-order valence-electron chi connectivity index (χ2n) is 2.91. The minimum atomic E-state index is -0.147. The Morgan fingerprint density at radius 1 is 1.64 bits per heavy atom. The number of rotatable bonds is 4. The van der Waals surface area contributed by atoms with Crippen LogP contribution in [-0.2, 0) is 16.0 Å². The van der Waals surface area contributed by atoms with Gasteiger partial charge < -0.3 is 4.74 Å². The highest BCUT2D eigenvalue weighted by Gasteiger charge is 2.06. The zero-order valence-electron chi connectivity index (χ0n) is 8.17. The Bertz CT molecular complexity index is 325. The number of carbonyl (C=O) groups is 1. The molecule has 3 nitrogen and oxygen atoms in total. The van der Waals surface area contributed by atoms with Crippen LogP contribution in [0.15, 0.2) is 3.92 Å². The third kappa shape index (κ3) is 3.38. The van der Waals surface area contributed by atoms with Crippen LogP contribution in [0.25, 0.3) is 0 Å². The van der Waals surface area contributed by atoms with E-state index in [9.17, 15) is 4.79 Å². The molecular formula is C9H12BrNO2S. The molecule has 0 amide bonds. The van der Waals surface area contributed by atoms with E-state index < -0.39 is 0 Å². The fourth-order valence-corrected chi connectivity index (χ4v) is 2.80. The molecular weight excluding hydrogens is 266 g/mol. The highest BCUT2D eigenvalue weighted by atomic mass is 79.9. The SMILES string of the molecule is COC(=O)CCCc1sc(Br)nc1C. The normalized spacial score (nSPS) is 10.2. The summed E-state index contributed by atoms with van der Waals surface area (Å²) in [6.45, 7) is 1.98. The zero-order chi connectivity index (χ0) is 10.6. The number of carbonyl (C=O) groups excluding carboxylic acids is 1. The first-order chi connectivity index (χ1) is 6.63. The molecule has 1 aromatic heterocycles. The number of halogens is 1. The number of ether oxygens (including phenoxy) is 1. The second-order valence-corrected chi connectivity index (χ2v) is 5.26. The van der Waals surface area contributed by atoms with Gasteiger partial charge in [0.15, 0.2) is 3.92 Å². The summed E-state index contributed by atoms with van der Waals surface area (Å²) in [6, 6.07) is 0. The molecule has 0 spiro atoms. The number of thiazole rings is 1. The van der Waals surface area contributed by atoms with Crippen molar-refractivity contribution in [3.8, 4) is 0 Å². The molecule has 1 rings (SSSR count). The van der Waals surface area contributed by atoms with Gasteiger partial charge in [0.05, 0.1) is 12.8 Å². The molecule has 78 valence electrons. The lowest BCUT2D eigenvalue weighted by molar-refractivity contribution is -0.140. The van der Waals surface area contributed by atoms with Gasteiger partial charge >= 0.3 is 5.97 Å². The van der Waals surface area contributed by atoms with Crippen LogP contribution in [-0.4, -0.2) is 18.1 Å². The van der Waals surface area contributed by atoms with E-state index in [1.54, 1.807) is 11.3 Å². The summed E-state index contributed by atoms with van der Waals surface area (Å²) in [5.41, 5.74) is 1.05. The predicted octanol–water partition coefficient (Wildman–Crippen LogP) is 2.71. The number of hydrogen-bond donors (Lipinski definition) is 0. The van der Waals surface area contributed by atoms with Crippen molar-refractivity contribution in [2.24, 2.45) is 0 Å². The van der Waals surface area contributed by atoms with E-state index in [0.717, 1.165) is 22.5 Å². The molecule has 0 fully saturated rings. The maximum atomic E-state index is 10.8. The Kier molecular flexibility index (Phi) is 4.54. The smallest absolute Gasteiger partial charge is 0.305 e. The van der Waals surface area contributed by atoms with Gasteiger partial charge in [0.25, 0.3) is 0 Å². The summed E-state index contributed by atoms with van der Waals surface area (Å²) in [7, 11) is 1.41. The molecule has 0 aliphatic rings. The van der Waals surface area contributed by atoms with E-state index in [0.29, 0.717) is 6.42 Å². The lowest BCUT2D eigenvalue weighted by atomic mass is 10.2. The average Bonchev–Trinajstić information content (AvgIpc) is 2.45. The Labute approximate surface area is 95.6 Å². The summed E-state index contributed by atoms with van der Waals surface area (Å²) in [6.07, 6.45) is 2.19. The number of methoxy groups -OCH3 is 1. The highest BCUT2D eigenvalue weighted by molar-refractivity contribution is 9.11. The fourth-order valence-electron chi connectivity index (χ4n) is 1.12. The summed E-state index contributed by atoms with van der Waals surface area (Å²) < 4.78 is 5.47. The Hall–Kier alpha value is -0.420. The Balaban J connectivity index is 2.38. The lowest BCUT2D eigenvalue weighted by Gasteiger charge is -1.98. The first-order valence-electron chi connectivity index (χ1n) is 4.32. The van der Waals surface area contributed by atoms with Gasteiger partial charge in [0.2, 0.25) is 0 Å². The van der Waals surface area contributed by atoms with Gasteiger partial charge in [-0.3, -0.25) is 4.79 Å². The zero-order valence-corrected chi connectivity index (χ0v) is 10.6. The average molecular weight is 278 g/mol. The minimum Gasteiger partial charge on any atom is -0.469 e. The van der Waals surface area contributed by atoms with Gasteiger partial charge in [-0.05, 0) is 35.7 Å². The minimum absolute atomic E-state index is 0.147. The molecule has 0 bridgehead atoms. The van der Waals surface area contributed by atoms with Gasteiger partial charge in [0, 0.05) is 11.3 Å². The van der Waals surface area contributed by atoms with Crippen molar-refractivity contribution in [3.05, 3.63) is 14.5 Å². The summed E-state index contributed by atoms with van der Waals surface area (Å²) in [5.74, 6) is -0.147. The molecule has 0 N–H and O–H groups in total. The second kappa shape index (κ2) is 5.46.